The van der Waals surface area contributed by atoms with Crippen LogP contribution in [-0.2, 0) is 9.59 Å². The smallest absolute Gasteiger partial charge is 0.245 e. The molecule has 0 aliphatic carbocycles. The normalized spacial score (nSPS) is 16.7. The van der Waals surface area contributed by atoms with Crippen LogP contribution in [0, 0.1) is 5.92 Å². The van der Waals surface area contributed by atoms with E-state index >= 15 is 0 Å². The maximum atomic E-state index is 12.5. The Morgan fingerprint density at radius 1 is 1.30 bits per heavy atom. The number of piperidine rings is 1. The summed E-state index contributed by atoms with van der Waals surface area (Å²) in [6.45, 7) is 4.67. The van der Waals surface area contributed by atoms with Crippen molar-refractivity contribution in [3.8, 4) is 0 Å². The Kier molecular flexibility index (Phi) is 6.35. The molecule has 1 atom stereocenters. The van der Waals surface area contributed by atoms with E-state index in [0.29, 0.717) is 32.4 Å². The van der Waals surface area contributed by atoms with Crippen LogP contribution in [0.5, 0.6) is 0 Å². The topological polar surface area (TPSA) is 69.6 Å². The molecule has 1 saturated heterocycles. The van der Waals surface area contributed by atoms with Crippen molar-refractivity contribution >= 4 is 11.8 Å². The van der Waals surface area contributed by atoms with E-state index in [1.165, 1.54) is 6.08 Å². The Labute approximate surface area is 137 Å². The van der Waals surface area contributed by atoms with Gasteiger partial charge < -0.3 is 15.3 Å². The molecule has 2 N–H and O–H groups in total. The van der Waals surface area contributed by atoms with Crippen LogP contribution in [-0.4, -0.2) is 41.5 Å². The largest absolute Gasteiger partial charge is 0.396 e. The lowest BCUT2D eigenvalue weighted by Gasteiger charge is -2.31. The van der Waals surface area contributed by atoms with E-state index in [0.717, 1.165) is 5.56 Å². The first-order valence-electron chi connectivity index (χ1n) is 8.03. The predicted octanol–water partition coefficient (Wildman–Crippen LogP) is 1.65. The molecule has 0 spiro atoms. The van der Waals surface area contributed by atoms with Gasteiger partial charge in [0.2, 0.25) is 11.8 Å². The minimum absolute atomic E-state index is 0.00185. The van der Waals surface area contributed by atoms with E-state index in [1.54, 1.807) is 4.90 Å². The highest BCUT2D eigenvalue weighted by atomic mass is 16.3. The highest BCUT2D eigenvalue weighted by Crippen LogP contribution is 2.21. The Morgan fingerprint density at radius 2 is 1.96 bits per heavy atom. The van der Waals surface area contributed by atoms with Crippen molar-refractivity contribution in [2.24, 2.45) is 5.92 Å². The van der Waals surface area contributed by atoms with E-state index in [1.807, 2.05) is 30.3 Å². The average molecular weight is 316 g/mol. The van der Waals surface area contributed by atoms with Crippen LogP contribution in [0.3, 0.4) is 0 Å². The number of hydrogen-bond donors (Lipinski definition) is 2. The van der Waals surface area contributed by atoms with Crippen LogP contribution in [0.1, 0.15) is 30.9 Å². The van der Waals surface area contributed by atoms with Gasteiger partial charge in [0.25, 0.3) is 0 Å². The zero-order valence-corrected chi connectivity index (χ0v) is 13.3. The third kappa shape index (κ3) is 4.66. The van der Waals surface area contributed by atoms with Gasteiger partial charge in [0.1, 0.15) is 0 Å². The number of rotatable bonds is 6. The zero-order chi connectivity index (χ0) is 16.7. The molecule has 1 aliphatic heterocycles. The molecule has 5 heteroatoms. The quantitative estimate of drug-likeness (QED) is 0.784. The Bertz CT molecular complexity index is 536. The van der Waals surface area contributed by atoms with E-state index in [2.05, 4.69) is 11.9 Å². The second-order valence-corrected chi connectivity index (χ2v) is 5.79. The molecular weight excluding hydrogens is 292 g/mol. The highest BCUT2D eigenvalue weighted by molar-refractivity contribution is 5.87. The van der Waals surface area contributed by atoms with Gasteiger partial charge in [-0.25, -0.2) is 0 Å². The van der Waals surface area contributed by atoms with Crippen LogP contribution in [0.4, 0.5) is 0 Å². The van der Waals surface area contributed by atoms with Crippen molar-refractivity contribution in [1.29, 1.82) is 0 Å². The lowest BCUT2D eigenvalue weighted by Crippen LogP contribution is -2.43. The van der Waals surface area contributed by atoms with E-state index in [9.17, 15) is 14.7 Å². The molecule has 0 bridgehead atoms. The van der Waals surface area contributed by atoms with Crippen LogP contribution in [0.15, 0.2) is 43.0 Å². The number of nitrogens with zero attached hydrogens (tertiary/aromatic N) is 1. The number of benzene rings is 1. The molecule has 1 fully saturated rings. The van der Waals surface area contributed by atoms with Gasteiger partial charge in [0, 0.05) is 25.6 Å². The van der Waals surface area contributed by atoms with Gasteiger partial charge in [-0.05, 0) is 30.9 Å². The van der Waals surface area contributed by atoms with Crippen molar-refractivity contribution in [2.75, 3.05) is 19.7 Å². The van der Waals surface area contributed by atoms with Crippen LogP contribution in [0.25, 0.3) is 0 Å². The van der Waals surface area contributed by atoms with Gasteiger partial charge >= 0.3 is 0 Å². The number of likely N-dealkylation sites (tertiary alicyclic amines) is 1. The molecule has 1 aliphatic rings. The van der Waals surface area contributed by atoms with Crippen LogP contribution in [0.2, 0.25) is 0 Å². The van der Waals surface area contributed by atoms with Crippen LogP contribution < -0.4 is 5.32 Å². The average Bonchev–Trinajstić information content (AvgIpc) is 2.61. The zero-order valence-electron chi connectivity index (χ0n) is 13.3. The minimum Gasteiger partial charge on any atom is -0.396 e. The number of nitrogens with one attached hydrogen (secondary N) is 1. The van der Waals surface area contributed by atoms with Crippen molar-refractivity contribution in [2.45, 2.75) is 25.3 Å². The number of amides is 2. The number of carbonyl (C=O) groups is 2. The highest BCUT2D eigenvalue weighted by Gasteiger charge is 2.27. The van der Waals surface area contributed by atoms with Gasteiger partial charge in [-0.15, -0.1) is 0 Å². The third-order valence-electron chi connectivity index (χ3n) is 4.29. The van der Waals surface area contributed by atoms with Crippen molar-refractivity contribution in [1.82, 2.24) is 10.2 Å². The van der Waals surface area contributed by atoms with Crippen LogP contribution >= 0.6 is 0 Å². The summed E-state index contributed by atoms with van der Waals surface area (Å²) in [6, 6.07) is 9.49. The first kappa shape index (κ1) is 17.2. The molecule has 1 aromatic carbocycles. The number of aliphatic hydroxyl groups is 1. The second-order valence-electron chi connectivity index (χ2n) is 5.79. The first-order valence-corrected chi connectivity index (χ1v) is 8.03. The number of aliphatic hydroxyl groups excluding tert-OH is 1. The molecule has 5 nitrogen and oxygen atoms in total. The molecule has 0 radical (unpaired) electrons. The molecule has 0 saturated carbocycles. The SMILES string of the molecule is C=CC(=O)N1CCC(C(=O)NC(CCO)c2ccccc2)CC1. The minimum atomic E-state index is -0.179. The number of hydrogen-bond acceptors (Lipinski definition) is 3. The van der Waals surface area contributed by atoms with Crippen molar-refractivity contribution < 1.29 is 14.7 Å². The summed E-state index contributed by atoms with van der Waals surface area (Å²) in [5, 5.41) is 12.3. The monoisotopic (exact) mass is 316 g/mol. The van der Waals surface area contributed by atoms with E-state index in [4.69, 9.17) is 0 Å². The van der Waals surface area contributed by atoms with E-state index < -0.39 is 0 Å². The Morgan fingerprint density at radius 3 is 2.52 bits per heavy atom. The molecule has 1 heterocycles. The Hall–Kier alpha value is -2.14. The second kappa shape index (κ2) is 8.48. The molecule has 1 aromatic rings. The maximum Gasteiger partial charge on any atom is 0.245 e. The maximum absolute atomic E-state index is 12.5. The van der Waals surface area contributed by atoms with E-state index in [-0.39, 0.29) is 30.4 Å². The Balaban J connectivity index is 1.92. The van der Waals surface area contributed by atoms with Crippen molar-refractivity contribution in [3.63, 3.8) is 0 Å². The van der Waals surface area contributed by atoms with Gasteiger partial charge in [-0.3, -0.25) is 9.59 Å². The number of carbonyl (C=O) groups excluding carboxylic acids is 2. The summed E-state index contributed by atoms with van der Waals surface area (Å²) >= 11 is 0. The molecule has 2 rings (SSSR count). The summed E-state index contributed by atoms with van der Waals surface area (Å²) in [4.78, 5) is 25.8. The fourth-order valence-corrected chi connectivity index (χ4v) is 2.92. The molecule has 0 aromatic heterocycles. The lowest BCUT2D eigenvalue weighted by atomic mass is 9.94. The summed E-state index contributed by atoms with van der Waals surface area (Å²) in [7, 11) is 0. The molecule has 23 heavy (non-hydrogen) atoms. The summed E-state index contributed by atoms with van der Waals surface area (Å²) < 4.78 is 0. The lowest BCUT2D eigenvalue weighted by molar-refractivity contribution is -0.132. The standard InChI is InChI=1S/C18H24N2O3/c1-2-17(22)20-11-8-15(9-12-20)18(23)19-16(10-13-21)14-6-4-3-5-7-14/h2-7,15-16,21H,1,8-13H2,(H,19,23). The third-order valence-corrected chi connectivity index (χ3v) is 4.29. The summed E-state index contributed by atoms with van der Waals surface area (Å²) in [5.41, 5.74) is 0.995. The molecule has 124 valence electrons. The molecule has 1 unspecified atom stereocenters. The first-order chi connectivity index (χ1) is 11.2. The summed E-state index contributed by atoms with van der Waals surface area (Å²) in [5.74, 6) is -0.168. The van der Waals surface area contributed by atoms with Gasteiger partial charge in [0.05, 0.1) is 6.04 Å². The van der Waals surface area contributed by atoms with Gasteiger partial charge in [-0.1, -0.05) is 36.9 Å². The van der Waals surface area contributed by atoms with Gasteiger partial charge in [0.15, 0.2) is 0 Å². The molecule has 2 amide bonds. The fourth-order valence-electron chi connectivity index (χ4n) is 2.92. The van der Waals surface area contributed by atoms with Crippen molar-refractivity contribution in [3.05, 3.63) is 48.6 Å². The summed E-state index contributed by atoms with van der Waals surface area (Å²) in [6.07, 6.45) is 3.12. The predicted molar refractivity (Wildman–Crippen MR) is 88.5 cm³/mol. The molecular formula is C18H24N2O3. The van der Waals surface area contributed by atoms with Gasteiger partial charge in [-0.2, -0.15) is 0 Å². The fraction of sp³-hybridized carbons (Fsp3) is 0.444.